The molecule has 0 amide bonds. The SMILES string of the molecule is CS(=O)(=O)N1CCCC(CC(N)=NO)C1. The molecule has 0 aliphatic carbocycles. The Morgan fingerprint density at radius 3 is 2.87 bits per heavy atom. The van der Waals surface area contributed by atoms with Gasteiger partial charge < -0.3 is 10.9 Å². The van der Waals surface area contributed by atoms with Crippen LogP contribution < -0.4 is 5.73 Å². The molecule has 6 nitrogen and oxygen atoms in total. The molecule has 1 aliphatic heterocycles. The average molecular weight is 235 g/mol. The van der Waals surface area contributed by atoms with E-state index in [0.29, 0.717) is 19.5 Å². The first-order valence-corrected chi connectivity index (χ1v) is 6.70. The van der Waals surface area contributed by atoms with Gasteiger partial charge in [-0.25, -0.2) is 12.7 Å². The van der Waals surface area contributed by atoms with Crippen LogP contribution in [0.15, 0.2) is 5.16 Å². The molecule has 1 atom stereocenters. The van der Waals surface area contributed by atoms with E-state index >= 15 is 0 Å². The smallest absolute Gasteiger partial charge is 0.211 e. The summed E-state index contributed by atoms with van der Waals surface area (Å²) in [7, 11) is -3.11. The average Bonchev–Trinajstić information content (AvgIpc) is 2.17. The highest BCUT2D eigenvalue weighted by atomic mass is 32.2. The van der Waals surface area contributed by atoms with Gasteiger partial charge in [0.25, 0.3) is 0 Å². The summed E-state index contributed by atoms with van der Waals surface area (Å²) in [4.78, 5) is 0. The Bertz CT molecular complexity index is 339. The number of nitrogens with two attached hydrogens (primary N) is 1. The molecule has 0 spiro atoms. The van der Waals surface area contributed by atoms with Crippen molar-refractivity contribution < 1.29 is 13.6 Å². The van der Waals surface area contributed by atoms with Gasteiger partial charge >= 0.3 is 0 Å². The molecule has 15 heavy (non-hydrogen) atoms. The van der Waals surface area contributed by atoms with E-state index in [4.69, 9.17) is 10.9 Å². The molecule has 0 bridgehead atoms. The third kappa shape index (κ3) is 3.67. The Labute approximate surface area is 89.8 Å². The number of nitrogens with zero attached hydrogens (tertiary/aromatic N) is 2. The van der Waals surface area contributed by atoms with Crippen LogP contribution in [0.25, 0.3) is 0 Å². The van der Waals surface area contributed by atoms with Crippen molar-refractivity contribution in [3.63, 3.8) is 0 Å². The molecule has 0 aromatic carbocycles. The summed E-state index contributed by atoms with van der Waals surface area (Å²) >= 11 is 0. The number of hydrogen-bond donors (Lipinski definition) is 2. The number of oxime groups is 1. The zero-order chi connectivity index (χ0) is 11.5. The number of sulfonamides is 1. The van der Waals surface area contributed by atoms with Gasteiger partial charge in [-0.3, -0.25) is 0 Å². The minimum Gasteiger partial charge on any atom is -0.409 e. The van der Waals surface area contributed by atoms with Gasteiger partial charge in [0.05, 0.1) is 6.26 Å². The molecule has 1 saturated heterocycles. The molecule has 1 heterocycles. The lowest BCUT2D eigenvalue weighted by Crippen LogP contribution is -2.40. The third-order valence-corrected chi connectivity index (χ3v) is 3.85. The van der Waals surface area contributed by atoms with Crippen molar-refractivity contribution in [1.82, 2.24) is 4.31 Å². The summed E-state index contributed by atoms with van der Waals surface area (Å²) < 4.78 is 24.1. The van der Waals surface area contributed by atoms with E-state index in [1.165, 1.54) is 10.6 Å². The van der Waals surface area contributed by atoms with Gasteiger partial charge in [0.15, 0.2) is 0 Å². The molecular formula is C8H17N3O3S. The molecule has 3 N–H and O–H groups in total. The van der Waals surface area contributed by atoms with Gasteiger partial charge in [-0.15, -0.1) is 0 Å². The van der Waals surface area contributed by atoms with Crippen molar-refractivity contribution in [2.45, 2.75) is 19.3 Å². The summed E-state index contributed by atoms with van der Waals surface area (Å²) in [5.74, 6) is 0.319. The van der Waals surface area contributed by atoms with E-state index in [-0.39, 0.29) is 11.8 Å². The van der Waals surface area contributed by atoms with Crippen LogP contribution in [0.5, 0.6) is 0 Å². The quantitative estimate of drug-likeness (QED) is 0.306. The Hall–Kier alpha value is -0.820. The highest BCUT2D eigenvalue weighted by Gasteiger charge is 2.26. The van der Waals surface area contributed by atoms with Crippen LogP contribution in [-0.4, -0.2) is 43.1 Å². The van der Waals surface area contributed by atoms with Gasteiger partial charge in [-0.2, -0.15) is 0 Å². The molecule has 1 aliphatic rings. The van der Waals surface area contributed by atoms with Crippen LogP contribution in [0, 0.1) is 5.92 Å². The molecule has 88 valence electrons. The van der Waals surface area contributed by atoms with Crippen molar-refractivity contribution in [3.8, 4) is 0 Å². The Morgan fingerprint density at radius 1 is 1.67 bits per heavy atom. The topological polar surface area (TPSA) is 96.0 Å². The highest BCUT2D eigenvalue weighted by Crippen LogP contribution is 2.21. The van der Waals surface area contributed by atoms with Crippen molar-refractivity contribution in [1.29, 1.82) is 0 Å². The fourth-order valence-corrected chi connectivity index (χ4v) is 2.77. The van der Waals surface area contributed by atoms with Gasteiger partial charge in [0.1, 0.15) is 5.84 Å². The minimum absolute atomic E-state index is 0.157. The van der Waals surface area contributed by atoms with Gasteiger partial charge in [-0.1, -0.05) is 5.16 Å². The van der Waals surface area contributed by atoms with Crippen molar-refractivity contribution in [3.05, 3.63) is 0 Å². The highest BCUT2D eigenvalue weighted by molar-refractivity contribution is 7.88. The first-order chi connectivity index (χ1) is 6.93. The van der Waals surface area contributed by atoms with E-state index in [1.807, 2.05) is 0 Å². The van der Waals surface area contributed by atoms with E-state index in [0.717, 1.165) is 12.8 Å². The number of rotatable bonds is 3. The maximum atomic E-state index is 11.3. The second kappa shape index (κ2) is 4.80. The van der Waals surface area contributed by atoms with Crippen molar-refractivity contribution >= 4 is 15.9 Å². The molecule has 1 fully saturated rings. The molecule has 1 rings (SSSR count). The molecule has 0 saturated carbocycles. The predicted octanol–water partition coefficient (Wildman–Crippen LogP) is -0.205. The van der Waals surface area contributed by atoms with E-state index < -0.39 is 10.0 Å². The standard InChI is InChI=1S/C8H17N3O3S/c1-15(13,14)11-4-2-3-7(6-11)5-8(9)10-12/h7,12H,2-6H2,1H3,(H2,9,10). The summed E-state index contributed by atoms with van der Waals surface area (Å²) in [5.41, 5.74) is 5.39. The van der Waals surface area contributed by atoms with E-state index in [2.05, 4.69) is 5.16 Å². The van der Waals surface area contributed by atoms with Crippen LogP contribution in [0.4, 0.5) is 0 Å². The monoisotopic (exact) mass is 235 g/mol. The zero-order valence-corrected chi connectivity index (χ0v) is 9.57. The van der Waals surface area contributed by atoms with Crippen LogP contribution >= 0.6 is 0 Å². The van der Waals surface area contributed by atoms with E-state index in [9.17, 15) is 8.42 Å². The molecule has 0 aromatic heterocycles. The number of piperidine rings is 1. The Kier molecular flexibility index (Phi) is 3.92. The minimum atomic E-state index is -3.11. The first kappa shape index (κ1) is 12.3. The summed E-state index contributed by atoms with van der Waals surface area (Å²) in [6.07, 6.45) is 3.40. The predicted molar refractivity (Wildman–Crippen MR) is 57.2 cm³/mol. The van der Waals surface area contributed by atoms with Crippen LogP contribution in [-0.2, 0) is 10.0 Å². The van der Waals surface area contributed by atoms with Crippen LogP contribution in [0.2, 0.25) is 0 Å². The largest absolute Gasteiger partial charge is 0.409 e. The fourth-order valence-electron chi connectivity index (χ4n) is 1.83. The molecule has 0 radical (unpaired) electrons. The van der Waals surface area contributed by atoms with Gasteiger partial charge in [0, 0.05) is 19.5 Å². The third-order valence-electron chi connectivity index (χ3n) is 2.58. The Morgan fingerprint density at radius 2 is 2.33 bits per heavy atom. The molecule has 1 unspecified atom stereocenters. The lowest BCUT2D eigenvalue weighted by atomic mass is 9.96. The normalized spacial score (nSPS) is 25.4. The first-order valence-electron chi connectivity index (χ1n) is 4.85. The summed E-state index contributed by atoms with van der Waals surface area (Å²) in [5, 5.41) is 11.3. The van der Waals surface area contributed by atoms with Crippen molar-refractivity contribution in [2.24, 2.45) is 16.8 Å². The zero-order valence-electron chi connectivity index (χ0n) is 8.76. The maximum absolute atomic E-state index is 11.3. The maximum Gasteiger partial charge on any atom is 0.211 e. The summed E-state index contributed by atoms with van der Waals surface area (Å²) in [6, 6.07) is 0. The van der Waals surface area contributed by atoms with Crippen LogP contribution in [0.3, 0.4) is 0 Å². The Balaban J connectivity index is 2.57. The van der Waals surface area contributed by atoms with Crippen LogP contribution in [0.1, 0.15) is 19.3 Å². The second-order valence-corrected chi connectivity index (χ2v) is 5.91. The number of hydrogen-bond acceptors (Lipinski definition) is 4. The fraction of sp³-hybridized carbons (Fsp3) is 0.875. The lowest BCUT2D eigenvalue weighted by Gasteiger charge is -2.30. The second-order valence-electron chi connectivity index (χ2n) is 3.92. The van der Waals surface area contributed by atoms with Gasteiger partial charge in [0.2, 0.25) is 10.0 Å². The van der Waals surface area contributed by atoms with E-state index in [1.54, 1.807) is 0 Å². The summed E-state index contributed by atoms with van der Waals surface area (Å²) in [6.45, 7) is 1.04. The number of amidine groups is 1. The molecule has 0 aromatic rings. The lowest BCUT2D eigenvalue weighted by molar-refractivity contribution is 0.268. The van der Waals surface area contributed by atoms with Crippen molar-refractivity contribution in [2.75, 3.05) is 19.3 Å². The molecular weight excluding hydrogens is 218 g/mol. The van der Waals surface area contributed by atoms with Gasteiger partial charge in [-0.05, 0) is 18.8 Å². The molecule has 7 heteroatoms.